The van der Waals surface area contributed by atoms with Gasteiger partial charge in [0.05, 0.1) is 18.6 Å². The monoisotopic (exact) mass is 412 g/mol. The Morgan fingerprint density at radius 1 is 0.931 bits per heavy atom. The Kier molecular flexibility index (Phi) is 9.50. The van der Waals surface area contributed by atoms with E-state index in [1.54, 1.807) is 60.7 Å². The Labute approximate surface area is 166 Å². The minimum atomic E-state index is -4.37. The van der Waals surface area contributed by atoms with Gasteiger partial charge in [0.25, 0.3) is 5.78 Å². The molecule has 29 heavy (non-hydrogen) atoms. The van der Waals surface area contributed by atoms with Gasteiger partial charge in [0.15, 0.2) is 0 Å². The maximum absolute atomic E-state index is 11.7. The Morgan fingerprint density at radius 2 is 1.41 bits per heavy atom. The van der Waals surface area contributed by atoms with Gasteiger partial charge >= 0.3 is 12.1 Å². The number of halogens is 3. The summed E-state index contributed by atoms with van der Waals surface area (Å²) in [6, 6.07) is 16.8. The first-order valence-corrected chi connectivity index (χ1v) is 8.80. The van der Waals surface area contributed by atoms with Crippen LogP contribution in [0.1, 0.15) is 30.6 Å². The molecule has 0 fully saturated rings. The van der Waals surface area contributed by atoms with Crippen LogP contribution in [0.3, 0.4) is 0 Å². The number of carbonyl (C=O) groups excluding carboxylic acids is 2. The largest absolute Gasteiger partial charge is 0.421 e. The van der Waals surface area contributed by atoms with Crippen molar-refractivity contribution < 1.29 is 37.7 Å². The zero-order valence-corrected chi connectivity index (χ0v) is 16.0. The van der Waals surface area contributed by atoms with Crippen molar-refractivity contribution in [2.75, 3.05) is 0 Å². The topological polar surface area (TPSA) is 83.8 Å². The number of Topliss-reactive ketones (excluding diaryl/α,β-unsaturated/α-hetero) is 1. The lowest BCUT2D eigenvalue weighted by molar-refractivity contribution is -0.162. The maximum atomic E-state index is 11.7. The van der Waals surface area contributed by atoms with Crippen LogP contribution in [0.25, 0.3) is 0 Å². The minimum absolute atomic E-state index is 0.327. The summed E-state index contributed by atoms with van der Waals surface area (Å²) < 4.78 is 40.0. The number of ketones is 1. The van der Waals surface area contributed by atoms with Crippen molar-refractivity contribution >= 4 is 11.8 Å². The van der Waals surface area contributed by atoms with Gasteiger partial charge in [0.2, 0.25) is 0 Å². The highest BCUT2D eigenvalue weighted by molar-refractivity contribution is 6.41. The van der Waals surface area contributed by atoms with Crippen LogP contribution in [-0.2, 0) is 4.79 Å². The van der Waals surface area contributed by atoms with Crippen molar-refractivity contribution in [3.05, 3.63) is 66.2 Å². The van der Waals surface area contributed by atoms with E-state index >= 15 is 0 Å². The number of carbonyl (C=O) groups is 2. The third kappa shape index (κ3) is 9.36. The van der Waals surface area contributed by atoms with Crippen LogP contribution in [0.2, 0.25) is 0 Å². The van der Waals surface area contributed by atoms with Gasteiger partial charge in [0.1, 0.15) is 5.75 Å². The SMILES string of the molecule is CC(O)C(C)C(O)CC(F)(F)F.O=C(Oc1ccccc1)C(=O)c1ccccc1. The van der Waals surface area contributed by atoms with Crippen LogP contribution in [0.4, 0.5) is 13.2 Å². The summed E-state index contributed by atoms with van der Waals surface area (Å²) >= 11 is 0. The van der Waals surface area contributed by atoms with Gasteiger partial charge in [0, 0.05) is 11.5 Å². The first kappa shape index (κ1) is 24.3. The molecule has 5 nitrogen and oxygen atoms in total. The van der Waals surface area contributed by atoms with Crippen LogP contribution in [-0.4, -0.2) is 40.3 Å². The van der Waals surface area contributed by atoms with Crippen molar-refractivity contribution in [2.45, 2.75) is 38.7 Å². The Morgan fingerprint density at radius 3 is 1.86 bits per heavy atom. The van der Waals surface area contributed by atoms with E-state index in [0.717, 1.165) is 0 Å². The average Bonchev–Trinajstić information content (AvgIpc) is 2.67. The molecule has 0 bridgehead atoms. The van der Waals surface area contributed by atoms with E-state index in [0.29, 0.717) is 11.3 Å². The van der Waals surface area contributed by atoms with Gasteiger partial charge in [-0.15, -0.1) is 0 Å². The van der Waals surface area contributed by atoms with Crippen molar-refractivity contribution in [3.8, 4) is 5.75 Å². The van der Waals surface area contributed by atoms with Crippen molar-refractivity contribution in [1.82, 2.24) is 0 Å². The Hall–Kier alpha value is -2.71. The molecule has 0 saturated carbocycles. The molecule has 3 atom stereocenters. The fourth-order valence-electron chi connectivity index (χ4n) is 2.09. The Bertz CT molecular complexity index is 761. The molecule has 0 saturated heterocycles. The van der Waals surface area contributed by atoms with Crippen molar-refractivity contribution in [3.63, 3.8) is 0 Å². The quantitative estimate of drug-likeness (QED) is 0.326. The summed E-state index contributed by atoms with van der Waals surface area (Å²) in [7, 11) is 0. The van der Waals surface area contributed by atoms with E-state index in [-0.39, 0.29) is 0 Å². The third-order valence-electron chi connectivity index (χ3n) is 3.98. The molecule has 0 aliphatic rings. The maximum Gasteiger partial charge on any atom is 0.391 e. The lowest BCUT2D eigenvalue weighted by Gasteiger charge is -2.22. The molecule has 2 aromatic rings. The van der Waals surface area contributed by atoms with E-state index in [9.17, 15) is 22.8 Å². The highest BCUT2D eigenvalue weighted by Gasteiger charge is 2.34. The summed E-state index contributed by atoms with van der Waals surface area (Å²) in [5.41, 5.74) is 0.327. The van der Waals surface area contributed by atoms with E-state index in [2.05, 4.69) is 0 Å². The van der Waals surface area contributed by atoms with Crippen molar-refractivity contribution in [1.29, 1.82) is 0 Å². The molecular formula is C21H23F3O5. The number of esters is 1. The number of hydrogen-bond acceptors (Lipinski definition) is 5. The molecule has 0 amide bonds. The van der Waals surface area contributed by atoms with E-state index in [1.165, 1.54) is 13.8 Å². The second kappa shape index (κ2) is 11.3. The van der Waals surface area contributed by atoms with Gasteiger partial charge in [-0.3, -0.25) is 4.79 Å². The van der Waals surface area contributed by atoms with Gasteiger partial charge in [-0.2, -0.15) is 13.2 Å². The van der Waals surface area contributed by atoms with Crippen LogP contribution >= 0.6 is 0 Å². The van der Waals surface area contributed by atoms with Crippen LogP contribution in [0.15, 0.2) is 60.7 Å². The number of para-hydroxylation sites is 1. The standard InChI is InChI=1S/C14H10O3.C7H13F3O2/c15-13(11-7-3-1-4-8-11)14(16)17-12-9-5-2-6-10-12;1-4(5(2)11)6(12)3-7(8,9)10/h1-10H;4-6,11-12H,3H2,1-2H3. The second-order valence-corrected chi connectivity index (χ2v) is 6.38. The van der Waals surface area contributed by atoms with Crippen LogP contribution in [0, 0.1) is 5.92 Å². The molecule has 0 aliphatic heterocycles. The smallest absolute Gasteiger partial charge is 0.391 e. The zero-order chi connectivity index (χ0) is 22.0. The lowest BCUT2D eigenvalue weighted by atomic mass is 9.97. The molecule has 0 aliphatic carbocycles. The fraction of sp³-hybridized carbons (Fsp3) is 0.333. The molecule has 0 radical (unpaired) electrons. The zero-order valence-electron chi connectivity index (χ0n) is 16.0. The average molecular weight is 412 g/mol. The molecule has 0 aromatic heterocycles. The summed E-state index contributed by atoms with van der Waals surface area (Å²) in [6.45, 7) is 2.73. The van der Waals surface area contributed by atoms with Gasteiger partial charge in [-0.05, 0) is 19.1 Å². The molecule has 158 valence electrons. The fourth-order valence-corrected chi connectivity index (χ4v) is 2.09. The normalized spacial score (nSPS) is 14.0. The van der Waals surface area contributed by atoms with Crippen molar-refractivity contribution in [2.24, 2.45) is 5.92 Å². The van der Waals surface area contributed by atoms with Gasteiger partial charge in [-0.1, -0.05) is 55.5 Å². The van der Waals surface area contributed by atoms with Crippen LogP contribution < -0.4 is 4.74 Å². The van der Waals surface area contributed by atoms with E-state index in [4.69, 9.17) is 14.9 Å². The molecule has 8 heteroatoms. The predicted molar refractivity (Wildman–Crippen MR) is 100 cm³/mol. The summed E-state index contributed by atoms with van der Waals surface area (Å²) in [5, 5.41) is 17.8. The van der Waals surface area contributed by atoms with Crippen LogP contribution in [0.5, 0.6) is 5.75 Å². The number of benzene rings is 2. The predicted octanol–water partition coefficient (Wildman–Crippen LogP) is 3.79. The van der Waals surface area contributed by atoms with Gasteiger partial charge < -0.3 is 14.9 Å². The first-order valence-electron chi connectivity index (χ1n) is 8.80. The third-order valence-corrected chi connectivity index (χ3v) is 3.98. The molecule has 2 rings (SSSR count). The van der Waals surface area contributed by atoms with E-state index in [1.807, 2.05) is 0 Å². The minimum Gasteiger partial charge on any atom is -0.421 e. The number of rotatable bonds is 6. The second-order valence-electron chi connectivity index (χ2n) is 6.38. The molecule has 0 heterocycles. The molecule has 2 N–H and O–H groups in total. The van der Waals surface area contributed by atoms with Gasteiger partial charge in [-0.25, -0.2) is 4.79 Å². The summed E-state index contributed by atoms with van der Waals surface area (Å²) in [5.74, 6) is -1.91. The lowest BCUT2D eigenvalue weighted by Crippen LogP contribution is -2.31. The highest BCUT2D eigenvalue weighted by Crippen LogP contribution is 2.25. The highest BCUT2D eigenvalue weighted by atomic mass is 19.4. The number of aliphatic hydroxyl groups excluding tert-OH is 2. The number of hydrogen-bond donors (Lipinski definition) is 2. The molecular weight excluding hydrogens is 389 g/mol. The van der Waals surface area contributed by atoms with E-state index < -0.39 is 42.5 Å². The first-order chi connectivity index (χ1) is 13.5. The number of alkyl halides is 3. The molecule has 2 aromatic carbocycles. The molecule has 3 unspecified atom stereocenters. The number of ether oxygens (including phenoxy) is 1. The summed E-state index contributed by atoms with van der Waals surface area (Å²) in [4.78, 5) is 23.2. The number of aliphatic hydroxyl groups is 2. The molecule has 0 spiro atoms. The summed E-state index contributed by atoms with van der Waals surface area (Å²) in [6.07, 6.45) is -8.09. The Balaban J connectivity index is 0.000000311.